The van der Waals surface area contributed by atoms with Crippen LogP contribution in [0.1, 0.15) is 23.5 Å². The first-order chi connectivity index (χ1) is 9.22. The molecule has 2 atom stereocenters. The number of ether oxygens (including phenoxy) is 1. The lowest BCUT2D eigenvalue weighted by Crippen LogP contribution is -2.32. The van der Waals surface area contributed by atoms with Gasteiger partial charge in [-0.25, -0.2) is 0 Å². The Morgan fingerprint density at radius 2 is 2.21 bits per heavy atom. The predicted octanol–water partition coefficient (Wildman–Crippen LogP) is 2.82. The summed E-state index contributed by atoms with van der Waals surface area (Å²) in [5.41, 5.74) is 2.66. The molecule has 0 spiro atoms. The van der Waals surface area contributed by atoms with Gasteiger partial charge in [-0.1, -0.05) is 12.1 Å². The van der Waals surface area contributed by atoms with Crippen LogP contribution in [0.15, 0.2) is 30.3 Å². The van der Waals surface area contributed by atoms with Crippen molar-refractivity contribution in [3.8, 4) is 11.6 Å². The second-order valence-electron chi connectivity index (χ2n) is 5.10. The standard InChI is InChI=1S/C14H11ClN2O2/c15-12-4-5-13(16-17(12)18)19-11-3-1-2-8-6-9-7-10(9)14(8)11/h1-5,9-10H,6-7H2. The van der Waals surface area contributed by atoms with E-state index >= 15 is 0 Å². The van der Waals surface area contributed by atoms with E-state index in [1.54, 1.807) is 6.07 Å². The Labute approximate surface area is 115 Å². The summed E-state index contributed by atoms with van der Waals surface area (Å²) in [5, 5.41) is 15.1. The number of hydrogen-bond donors (Lipinski definition) is 0. The Hall–Kier alpha value is -1.81. The molecule has 0 radical (unpaired) electrons. The Morgan fingerprint density at radius 1 is 1.32 bits per heavy atom. The van der Waals surface area contributed by atoms with Crippen LogP contribution < -0.4 is 9.58 Å². The SMILES string of the molecule is [O-][n+]1nc(Oc2cccc3c2C2CC2C3)ccc1Cl. The highest BCUT2D eigenvalue weighted by atomic mass is 35.5. The van der Waals surface area contributed by atoms with E-state index in [0.29, 0.717) is 10.8 Å². The number of aromatic nitrogens is 2. The lowest BCUT2D eigenvalue weighted by atomic mass is 10.1. The Morgan fingerprint density at radius 3 is 3.05 bits per heavy atom. The molecular weight excluding hydrogens is 264 g/mol. The van der Waals surface area contributed by atoms with Gasteiger partial charge in [-0.15, -0.1) is 0 Å². The number of hydrogen-bond acceptors (Lipinski definition) is 3. The summed E-state index contributed by atoms with van der Waals surface area (Å²) < 4.78 is 5.76. The molecule has 2 aliphatic carbocycles. The second kappa shape index (κ2) is 3.84. The highest BCUT2D eigenvalue weighted by molar-refractivity contribution is 6.28. The number of benzene rings is 1. The maximum absolute atomic E-state index is 11.3. The zero-order chi connectivity index (χ0) is 13.0. The minimum absolute atomic E-state index is 0.0351. The fourth-order valence-electron chi connectivity index (χ4n) is 2.93. The molecule has 0 aliphatic heterocycles. The van der Waals surface area contributed by atoms with Crippen LogP contribution in [0, 0.1) is 11.1 Å². The largest absolute Gasteiger partial charge is 0.593 e. The van der Waals surface area contributed by atoms with Crippen molar-refractivity contribution in [1.29, 1.82) is 0 Å². The minimum Gasteiger partial charge on any atom is -0.593 e. The van der Waals surface area contributed by atoms with Crippen molar-refractivity contribution in [1.82, 2.24) is 5.10 Å². The first kappa shape index (κ1) is 11.1. The maximum atomic E-state index is 11.3. The predicted molar refractivity (Wildman–Crippen MR) is 69.3 cm³/mol. The van der Waals surface area contributed by atoms with Gasteiger partial charge in [-0.2, -0.15) is 0 Å². The van der Waals surface area contributed by atoms with Crippen molar-refractivity contribution in [2.24, 2.45) is 5.92 Å². The van der Waals surface area contributed by atoms with E-state index in [1.807, 2.05) is 12.1 Å². The highest BCUT2D eigenvalue weighted by Gasteiger charge is 2.46. The average molecular weight is 275 g/mol. The van der Waals surface area contributed by atoms with Gasteiger partial charge in [0.15, 0.2) is 0 Å². The quantitative estimate of drug-likeness (QED) is 0.625. The summed E-state index contributed by atoms with van der Waals surface area (Å²) in [6, 6.07) is 9.16. The van der Waals surface area contributed by atoms with Crippen LogP contribution in [-0.2, 0) is 6.42 Å². The fraction of sp³-hybridized carbons (Fsp3) is 0.286. The van der Waals surface area contributed by atoms with Crippen molar-refractivity contribution in [3.05, 3.63) is 51.8 Å². The molecular formula is C14H11ClN2O2. The second-order valence-corrected chi connectivity index (χ2v) is 5.49. The van der Waals surface area contributed by atoms with Crippen molar-refractivity contribution >= 4 is 11.6 Å². The molecule has 1 saturated carbocycles. The van der Waals surface area contributed by atoms with Crippen molar-refractivity contribution in [3.63, 3.8) is 0 Å². The molecule has 1 fully saturated rings. The van der Waals surface area contributed by atoms with E-state index in [2.05, 4.69) is 11.2 Å². The molecule has 1 heterocycles. The molecule has 4 nitrogen and oxygen atoms in total. The van der Waals surface area contributed by atoms with Crippen LogP contribution in [0.5, 0.6) is 11.6 Å². The fourth-order valence-corrected chi connectivity index (χ4v) is 3.03. The average Bonchev–Trinajstić information content (AvgIpc) is 3.05. The molecule has 0 amide bonds. The molecule has 1 aromatic carbocycles. The van der Waals surface area contributed by atoms with Crippen molar-refractivity contribution in [2.45, 2.75) is 18.8 Å². The Balaban J connectivity index is 1.70. The smallest absolute Gasteiger partial charge is 0.313 e. The zero-order valence-electron chi connectivity index (χ0n) is 10.0. The molecule has 2 unspecified atom stereocenters. The van der Waals surface area contributed by atoms with E-state index in [1.165, 1.54) is 23.6 Å². The monoisotopic (exact) mass is 274 g/mol. The first-order valence-corrected chi connectivity index (χ1v) is 6.66. The third-order valence-electron chi connectivity index (χ3n) is 3.88. The van der Waals surface area contributed by atoms with Gasteiger partial charge in [-0.3, -0.25) is 0 Å². The summed E-state index contributed by atoms with van der Waals surface area (Å²) in [6.45, 7) is 0. The first-order valence-electron chi connectivity index (χ1n) is 6.28. The lowest BCUT2D eigenvalue weighted by Gasteiger charge is -2.10. The Bertz CT molecular complexity index is 674. The molecule has 0 saturated heterocycles. The van der Waals surface area contributed by atoms with Gasteiger partial charge in [0.1, 0.15) is 5.75 Å². The lowest BCUT2D eigenvalue weighted by molar-refractivity contribution is -0.667. The van der Waals surface area contributed by atoms with Crippen LogP contribution in [0.25, 0.3) is 0 Å². The number of halogens is 1. The molecule has 2 aromatic rings. The van der Waals surface area contributed by atoms with Crippen molar-refractivity contribution < 1.29 is 9.58 Å². The van der Waals surface area contributed by atoms with E-state index < -0.39 is 0 Å². The summed E-state index contributed by atoms with van der Waals surface area (Å²) in [5.74, 6) is 2.52. The molecule has 0 N–H and O–H groups in total. The molecule has 1 aromatic heterocycles. The number of nitrogens with zero attached hydrogens (tertiary/aromatic N) is 2. The number of fused-ring (bicyclic) bond motifs is 3. The molecule has 0 bridgehead atoms. The van der Waals surface area contributed by atoms with Gasteiger partial charge in [0.2, 0.25) is 0 Å². The van der Waals surface area contributed by atoms with Crippen LogP contribution in [0.3, 0.4) is 0 Å². The summed E-state index contributed by atoms with van der Waals surface area (Å²) in [4.78, 5) is 0.361. The summed E-state index contributed by atoms with van der Waals surface area (Å²) >= 11 is 5.64. The number of rotatable bonds is 2. The Kier molecular flexibility index (Phi) is 2.23. The van der Waals surface area contributed by atoms with Gasteiger partial charge < -0.3 is 9.94 Å². The van der Waals surface area contributed by atoms with E-state index in [4.69, 9.17) is 16.3 Å². The molecule has 4 rings (SSSR count). The highest BCUT2D eigenvalue weighted by Crippen LogP contribution is 2.59. The molecule has 96 valence electrons. The molecule has 5 heteroatoms. The molecule has 2 aliphatic rings. The van der Waals surface area contributed by atoms with Gasteiger partial charge in [0.25, 0.3) is 5.88 Å². The maximum Gasteiger partial charge on any atom is 0.313 e. The molecule has 19 heavy (non-hydrogen) atoms. The van der Waals surface area contributed by atoms with Gasteiger partial charge in [0.05, 0.1) is 5.10 Å². The van der Waals surface area contributed by atoms with Crippen LogP contribution >= 0.6 is 11.6 Å². The van der Waals surface area contributed by atoms with E-state index in [-0.39, 0.29) is 11.0 Å². The van der Waals surface area contributed by atoms with Crippen LogP contribution in [0.4, 0.5) is 0 Å². The van der Waals surface area contributed by atoms with Gasteiger partial charge >= 0.3 is 5.15 Å². The zero-order valence-corrected chi connectivity index (χ0v) is 10.8. The third-order valence-corrected chi connectivity index (χ3v) is 4.15. The van der Waals surface area contributed by atoms with Gasteiger partial charge in [-0.05, 0) is 52.8 Å². The van der Waals surface area contributed by atoms with Crippen LogP contribution in [0.2, 0.25) is 5.15 Å². The minimum atomic E-state index is 0.0351. The summed E-state index contributed by atoms with van der Waals surface area (Å²) in [7, 11) is 0. The van der Waals surface area contributed by atoms with Crippen LogP contribution in [-0.4, -0.2) is 5.10 Å². The van der Waals surface area contributed by atoms with E-state index in [9.17, 15) is 5.21 Å². The topological polar surface area (TPSA) is 49.1 Å². The third kappa shape index (κ3) is 1.75. The normalized spacial score (nSPS) is 22.8. The van der Waals surface area contributed by atoms with Crippen molar-refractivity contribution in [2.75, 3.05) is 0 Å². The van der Waals surface area contributed by atoms with Gasteiger partial charge in [0, 0.05) is 17.7 Å². The summed E-state index contributed by atoms with van der Waals surface area (Å²) in [6.07, 6.45) is 2.40. The van der Waals surface area contributed by atoms with E-state index in [0.717, 1.165) is 18.1 Å².